The third-order valence-corrected chi connectivity index (χ3v) is 4.01. The molecule has 1 radical (unpaired) electrons. The van der Waals surface area contributed by atoms with Crippen LogP contribution >= 0.6 is 22.6 Å². The van der Waals surface area contributed by atoms with Crippen LogP contribution in [0.1, 0.15) is 18.9 Å². The van der Waals surface area contributed by atoms with Crippen LogP contribution in [0.2, 0.25) is 0 Å². The van der Waals surface area contributed by atoms with Crippen molar-refractivity contribution in [3.63, 3.8) is 0 Å². The third kappa shape index (κ3) is 4.75. The monoisotopic (exact) mass is 475 g/mol. The molecular formula is C15H17INO3Y-. The van der Waals surface area contributed by atoms with Crippen LogP contribution in [-0.4, -0.2) is 35.2 Å². The fraction of sp³-hybridized carbons (Fsp3) is 0.400. The van der Waals surface area contributed by atoms with Gasteiger partial charge in [-0.1, -0.05) is 29.0 Å². The minimum Gasteiger partial charge on any atom is -0.468 e. The molecule has 0 aliphatic carbocycles. The molecule has 1 aliphatic heterocycles. The minimum absolute atomic E-state index is 0. The van der Waals surface area contributed by atoms with E-state index >= 15 is 0 Å². The maximum Gasteiger partial charge on any atom is 0.235 e. The molecule has 1 aromatic carbocycles. The fourth-order valence-corrected chi connectivity index (χ4v) is 2.61. The molecule has 6 heteroatoms. The first-order valence-corrected chi connectivity index (χ1v) is 7.70. The maximum absolute atomic E-state index is 12.2. The van der Waals surface area contributed by atoms with Crippen molar-refractivity contribution in [3.05, 3.63) is 35.9 Å². The summed E-state index contributed by atoms with van der Waals surface area (Å²) in [6, 6.07) is 7.63. The molecule has 0 fully saturated rings. The number of allylic oxidation sites excluding steroid dienone is 1. The first-order chi connectivity index (χ1) is 9.67. The van der Waals surface area contributed by atoms with Crippen LogP contribution in [0.15, 0.2) is 24.3 Å². The largest absolute Gasteiger partial charge is 0.468 e. The number of carbonyl (C=O) groups is 1. The van der Waals surface area contributed by atoms with Gasteiger partial charge >= 0.3 is 0 Å². The van der Waals surface area contributed by atoms with E-state index in [9.17, 15) is 4.79 Å². The van der Waals surface area contributed by atoms with Gasteiger partial charge < -0.3 is 14.4 Å². The molecule has 4 nitrogen and oxygen atoms in total. The Balaban J connectivity index is 0.00000220. The number of alkyl halides is 1. The molecule has 0 aromatic heterocycles. The second-order valence-electron chi connectivity index (χ2n) is 4.35. The number of rotatable bonds is 5. The molecule has 0 bridgehead atoms. The number of hydrogen-bond acceptors (Lipinski definition) is 3. The Labute approximate surface area is 164 Å². The van der Waals surface area contributed by atoms with Crippen molar-refractivity contribution in [1.29, 1.82) is 0 Å². The molecule has 0 saturated carbocycles. The molecule has 1 atom stereocenters. The summed E-state index contributed by atoms with van der Waals surface area (Å²) in [5.74, 6) is 0.898. The molecule has 111 valence electrons. The van der Waals surface area contributed by atoms with Crippen LogP contribution in [0.4, 0.5) is 0 Å². The molecule has 1 unspecified atom stereocenters. The van der Waals surface area contributed by atoms with E-state index in [1.165, 1.54) is 0 Å². The van der Waals surface area contributed by atoms with Gasteiger partial charge in [0.2, 0.25) is 5.91 Å². The van der Waals surface area contributed by atoms with Gasteiger partial charge in [0.25, 0.3) is 0 Å². The van der Waals surface area contributed by atoms with Gasteiger partial charge in [0.15, 0.2) is 6.79 Å². The topological polar surface area (TPSA) is 38.8 Å². The zero-order chi connectivity index (χ0) is 14.5. The number of nitrogens with zero attached hydrogens (tertiary/aromatic N) is 1. The summed E-state index contributed by atoms with van der Waals surface area (Å²) in [6.45, 7) is 2.86. The van der Waals surface area contributed by atoms with Crippen molar-refractivity contribution in [2.45, 2.75) is 17.3 Å². The smallest absolute Gasteiger partial charge is 0.235 e. The molecule has 1 heterocycles. The molecule has 0 spiro atoms. The van der Waals surface area contributed by atoms with E-state index in [-0.39, 0.29) is 49.3 Å². The predicted octanol–water partition coefficient (Wildman–Crippen LogP) is 2.87. The van der Waals surface area contributed by atoms with Crippen molar-refractivity contribution < 1.29 is 47.0 Å². The van der Waals surface area contributed by atoms with Crippen LogP contribution in [0, 0.1) is 6.08 Å². The van der Waals surface area contributed by atoms with Crippen molar-refractivity contribution in [1.82, 2.24) is 4.90 Å². The average molecular weight is 475 g/mol. The molecule has 1 aliphatic rings. The number of carbonyl (C=O) groups excluding carboxylic acids is 1. The van der Waals surface area contributed by atoms with E-state index in [4.69, 9.17) is 9.47 Å². The van der Waals surface area contributed by atoms with Crippen molar-refractivity contribution in [3.8, 4) is 5.75 Å². The van der Waals surface area contributed by atoms with Crippen molar-refractivity contribution in [2.75, 3.05) is 20.4 Å². The quantitative estimate of drug-likeness (QED) is 0.285. The Morgan fingerprint density at radius 2 is 2.05 bits per heavy atom. The number of methoxy groups -OCH3 is 1. The summed E-state index contributed by atoms with van der Waals surface area (Å²) in [7, 11) is 1.58. The van der Waals surface area contributed by atoms with Gasteiger partial charge in [-0.2, -0.15) is 5.56 Å². The van der Waals surface area contributed by atoms with Gasteiger partial charge in [-0.25, -0.2) is 6.08 Å². The summed E-state index contributed by atoms with van der Waals surface area (Å²) in [5, 5.41) is 0. The first kappa shape index (κ1) is 19.1. The van der Waals surface area contributed by atoms with Gasteiger partial charge in [-0.15, -0.1) is 17.8 Å². The van der Waals surface area contributed by atoms with Crippen molar-refractivity contribution in [2.24, 2.45) is 0 Å². The van der Waals surface area contributed by atoms with E-state index in [0.29, 0.717) is 13.0 Å². The number of amides is 1. The van der Waals surface area contributed by atoms with Crippen LogP contribution in [0.3, 0.4) is 0 Å². The Morgan fingerprint density at radius 3 is 2.62 bits per heavy atom. The molecule has 1 aromatic rings. The van der Waals surface area contributed by atoms with Crippen LogP contribution in [0.25, 0.3) is 5.70 Å². The average Bonchev–Trinajstić information content (AvgIpc) is 2.48. The first-order valence-electron chi connectivity index (χ1n) is 6.45. The number of hydrogen-bond donors (Lipinski definition) is 0. The van der Waals surface area contributed by atoms with E-state index in [1.807, 2.05) is 31.2 Å². The molecular weight excluding hydrogens is 458 g/mol. The minimum atomic E-state index is -0.0133. The standard InChI is InChI=1S/C15H17INO3.Y/c1-3-17-14(9-8-13(16)15(17)18)11-4-6-12(7-5-11)20-10-19-2;/h4-7,13H,3,8,10H2,1-2H3;/q-1;. The molecule has 0 saturated heterocycles. The second kappa shape index (κ2) is 9.23. The van der Waals surface area contributed by atoms with E-state index < -0.39 is 0 Å². The van der Waals surface area contributed by atoms with Crippen LogP contribution in [0.5, 0.6) is 5.75 Å². The summed E-state index contributed by atoms with van der Waals surface area (Å²) in [5.41, 5.74) is 1.84. The predicted molar refractivity (Wildman–Crippen MR) is 85.4 cm³/mol. The van der Waals surface area contributed by atoms with Crippen molar-refractivity contribution >= 4 is 34.2 Å². The van der Waals surface area contributed by atoms with Gasteiger partial charge in [0, 0.05) is 46.4 Å². The molecule has 21 heavy (non-hydrogen) atoms. The Kier molecular flexibility index (Phi) is 8.38. The third-order valence-electron chi connectivity index (χ3n) is 3.04. The summed E-state index contributed by atoms with van der Waals surface area (Å²) in [6.07, 6.45) is 3.99. The van der Waals surface area contributed by atoms with Gasteiger partial charge in [-0.05, 0) is 19.1 Å². The SMILES string of the molecule is CCN1C(=O)C(I)C[C-]=C1c1ccc(OCOC)cc1.[Y]. The fourth-order valence-electron chi connectivity index (χ4n) is 2.06. The second-order valence-corrected chi connectivity index (χ2v) is 5.86. The number of ether oxygens (including phenoxy) is 2. The normalized spacial score (nSPS) is 18.0. The van der Waals surface area contributed by atoms with E-state index in [1.54, 1.807) is 12.0 Å². The zero-order valence-corrected chi connectivity index (χ0v) is 17.1. The molecule has 0 N–H and O–H groups in total. The van der Waals surface area contributed by atoms with Gasteiger partial charge in [0.05, 0.1) is 3.92 Å². The molecule has 2 rings (SSSR count). The Bertz CT molecular complexity index is 504. The summed E-state index contributed by atoms with van der Waals surface area (Å²) >= 11 is 2.17. The van der Waals surface area contributed by atoms with E-state index in [0.717, 1.165) is 17.0 Å². The maximum atomic E-state index is 12.2. The van der Waals surface area contributed by atoms with E-state index in [2.05, 4.69) is 28.7 Å². The summed E-state index contributed by atoms with van der Waals surface area (Å²) in [4.78, 5) is 13.9. The van der Waals surface area contributed by atoms with Gasteiger partial charge in [-0.3, -0.25) is 4.79 Å². The van der Waals surface area contributed by atoms with Crippen LogP contribution < -0.4 is 4.74 Å². The van der Waals surface area contributed by atoms with Gasteiger partial charge in [0.1, 0.15) is 5.75 Å². The van der Waals surface area contributed by atoms with Crippen LogP contribution in [-0.2, 0) is 42.2 Å². The zero-order valence-electron chi connectivity index (χ0n) is 12.1. The number of halogens is 1. The Hall–Kier alpha value is 0.0239. The number of benzene rings is 1. The molecule has 1 amide bonds. The Morgan fingerprint density at radius 1 is 1.38 bits per heavy atom. The summed E-state index contributed by atoms with van der Waals surface area (Å²) < 4.78 is 10.2.